The molecule has 0 saturated carbocycles. The van der Waals surface area contributed by atoms with E-state index in [9.17, 15) is 14.7 Å². The molecule has 0 bridgehead atoms. The fourth-order valence-electron chi connectivity index (χ4n) is 2.13. The van der Waals surface area contributed by atoms with Crippen LogP contribution in [0, 0.1) is 5.41 Å². The van der Waals surface area contributed by atoms with Crippen molar-refractivity contribution in [2.75, 3.05) is 26.6 Å². The molecule has 0 fully saturated rings. The fourth-order valence-corrected chi connectivity index (χ4v) is 2.13. The Hall–Kier alpha value is -2.58. The molecule has 0 saturated heterocycles. The number of hydrogen-bond acceptors (Lipinski definition) is 8. The molecule has 0 spiro atoms. The van der Waals surface area contributed by atoms with E-state index in [2.05, 4.69) is 25.2 Å². The lowest BCUT2D eigenvalue weighted by atomic mass is 9.91. The minimum atomic E-state index is -0.943. The zero-order valence-electron chi connectivity index (χ0n) is 20.8. The highest BCUT2D eigenvalue weighted by Crippen LogP contribution is 2.21. The molecule has 0 heterocycles. The summed E-state index contributed by atoms with van der Waals surface area (Å²) in [5.41, 5.74) is 0.725. The molecule has 0 radical (unpaired) electrons. The summed E-state index contributed by atoms with van der Waals surface area (Å²) in [5.74, 6) is 0.381. The highest BCUT2D eigenvalue weighted by atomic mass is 16.7. The maximum absolute atomic E-state index is 11.7. The molecule has 8 nitrogen and oxygen atoms in total. The number of hydrogen-bond donors (Lipinski definition) is 2. The van der Waals surface area contributed by atoms with Crippen molar-refractivity contribution in [1.29, 1.82) is 0 Å². The van der Waals surface area contributed by atoms with Crippen molar-refractivity contribution >= 4 is 11.9 Å². The Morgan fingerprint density at radius 1 is 1.06 bits per heavy atom. The first-order valence-electron chi connectivity index (χ1n) is 11.1. The molecule has 1 aromatic carbocycles. The number of ether oxygens (including phenoxy) is 4. The molecule has 1 aromatic rings. The zero-order chi connectivity index (χ0) is 25.4. The molecule has 2 atom stereocenters. The summed E-state index contributed by atoms with van der Waals surface area (Å²) in [5, 5.41) is 18.6. The van der Waals surface area contributed by atoms with Gasteiger partial charge in [0.1, 0.15) is 30.8 Å². The third-order valence-corrected chi connectivity index (χ3v) is 5.01. The van der Waals surface area contributed by atoms with Gasteiger partial charge in [0.25, 0.3) is 0 Å². The van der Waals surface area contributed by atoms with Gasteiger partial charge in [-0.3, -0.25) is 9.59 Å². The molecular weight excluding hydrogens is 428 g/mol. The van der Waals surface area contributed by atoms with Crippen LogP contribution in [-0.2, 0) is 28.5 Å². The second-order valence-corrected chi connectivity index (χ2v) is 8.34. The summed E-state index contributed by atoms with van der Waals surface area (Å²) >= 11 is 0. The Morgan fingerprint density at radius 2 is 1.67 bits per heavy atom. The van der Waals surface area contributed by atoms with E-state index in [-0.39, 0.29) is 38.3 Å². The third kappa shape index (κ3) is 14.2. The van der Waals surface area contributed by atoms with Gasteiger partial charge in [-0.2, -0.15) is 0 Å². The molecule has 2 N–H and O–H groups in total. The van der Waals surface area contributed by atoms with Crippen molar-refractivity contribution in [3.8, 4) is 5.75 Å². The van der Waals surface area contributed by atoms with Gasteiger partial charge in [-0.05, 0) is 50.3 Å². The van der Waals surface area contributed by atoms with E-state index in [1.165, 1.54) is 12.5 Å². The average Bonchev–Trinajstić information content (AvgIpc) is 2.79. The number of aromatic hydroxyl groups is 1. The maximum atomic E-state index is 11.7. The van der Waals surface area contributed by atoms with E-state index in [0.717, 1.165) is 6.42 Å². The average molecular weight is 469 g/mol. The Bertz CT molecular complexity index is 712. The first-order valence-corrected chi connectivity index (χ1v) is 11.1. The molecule has 188 valence electrons. The number of rotatable bonds is 13. The number of carbonyl (C=O) groups is 2. The van der Waals surface area contributed by atoms with Crippen LogP contribution in [0.25, 0.3) is 0 Å². The lowest BCUT2D eigenvalue weighted by molar-refractivity contribution is -0.159. The van der Waals surface area contributed by atoms with Gasteiger partial charge in [-0.15, -0.1) is 0 Å². The van der Waals surface area contributed by atoms with Gasteiger partial charge < -0.3 is 29.2 Å². The summed E-state index contributed by atoms with van der Waals surface area (Å²) in [6, 6.07) is 7.43. The Balaban J connectivity index is 0.000000771. The maximum Gasteiger partial charge on any atom is 0.311 e. The van der Waals surface area contributed by atoms with Crippen molar-refractivity contribution < 1.29 is 38.7 Å². The molecule has 8 heteroatoms. The van der Waals surface area contributed by atoms with Gasteiger partial charge in [0.15, 0.2) is 6.79 Å². The van der Waals surface area contributed by atoms with Crippen molar-refractivity contribution in [1.82, 2.24) is 0 Å². The van der Waals surface area contributed by atoms with E-state index in [1.807, 2.05) is 19.1 Å². The van der Waals surface area contributed by atoms with Gasteiger partial charge in [-0.1, -0.05) is 39.5 Å². The van der Waals surface area contributed by atoms with Crippen LogP contribution in [0.5, 0.6) is 5.75 Å². The van der Waals surface area contributed by atoms with Gasteiger partial charge in [0.05, 0.1) is 12.0 Å². The van der Waals surface area contributed by atoms with Gasteiger partial charge in [0, 0.05) is 6.92 Å². The van der Waals surface area contributed by atoms with E-state index < -0.39 is 17.5 Å². The molecule has 0 aliphatic heterocycles. The summed E-state index contributed by atoms with van der Waals surface area (Å²) < 4.78 is 19.8. The Kier molecular flexibility index (Phi) is 14.8. The largest absolute Gasteiger partial charge is 0.508 e. The second-order valence-electron chi connectivity index (χ2n) is 8.34. The predicted molar refractivity (Wildman–Crippen MR) is 126 cm³/mol. The monoisotopic (exact) mass is 468 g/mol. The summed E-state index contributed by atoms with van der Waals surface area (Å²) in [6.07, 6.45) is 0.850. The van der Waals surface area contributed by atoms with Crippen LogP contribution < -0.4 is 0 Å². The standard InChI is InChI=1S/C15H26O7.C10H14O/c1-6-15(4,5)14(18)21-9-13(17)8-19-10-22-11(2)7-20-12(3)16;1-3-8(2)9-4-6-10(11)7-5-9/h13,17H,2,6-10H2,1,3-5H3;4-8,11H,3H2,1-2H3. The van der Waals surface area contributed by atoms with Crippen LogP contribution in [-0.4, -0.2) is 54.9 Å². The quantitative estimate of drug-likeness (QED) is 0.191. The lowest BCUT2D eigenvalue weighted by Gasteiger charge is -2.21. The summed E-state index contributed by atoms with van der Waals surface area (Å²) in [7, 11) is 0. The topological polar surface area (TPSA) is 112 Å². The second kappa shape index (κ2) is 16.1. The number of phenols is 1. The third-order valence-electron chi connectivity index (χ3n) is 5.01. The van der Waals surface area contributed by atoms with Crippen LogP contribution in [0.2, 0.25) is 0 Å². The van der Waals surface area contributed by atoms with Gasteiger partial charge >= 0.3 is 11.9 Å². The van der Waals surface area contributed by atoms with Crippen LogP contribution >= 0.6 is 0 Å². The van der Waals surface area contributed by atoms with E-state index in [0.29, 0.717) is 18.1 Å². The van der Waals surface area contributed by atoms with Crippen molar-refractivity contribution in [2.45, 2.75) is 66.4 Å². The van der Waals surface area contributed by atoms with Gasteiger partial charge in [0.2, 0.25) is 0 Å². The number of phenolic OH excluding ortho intramolecular Hbond substituents is 1. The zero-order valence-corrected chi connectivity index (χ0v) is 20.8. The molecular formula is C25H40O8. The van der Waals surface area contributed by atoms with Gasteiger partial charge in [-0.25, -0.2) is 0 Å². The first-order chi connectivity index (χ1) is 15.4. The first kappa shape index (κ1) is 30.4. The molecule has 33 heavy (non-hydrogen) atoms. The van der Waals surface area contributed by atoms with Crippen molar-refractivity contribution in [2.24, 2.45) is 5.41 Å². The van der Waals surface area contributed by atoms with E-state index >= 15 is 0 Å². The highest BCUT2D eigenvalue weighted by Gasteiger charge is 2.27. The smallest absolute Gasteiger partial charge is 0.311 e. The van der Waals surface area contributed by atoms with Crippen LogP contribution in [0.1, 0.15) is 65.9 Å². The van der Waals surface area contributed by atoms with Crippen molar-refractivity contribution in [3.05, 3.63) is 42.2 Å². The molecule has 1 rings (SSSR count). The molecule has 0 aliphatic rings. The summed E-state index contributed by atoms with van der Waals surface area (Å²) in [4.78, 5) is 22.3. The lowest BCUT2D eigenvalue weighted by Crippen LogP contribution is -2.31. The molecule has 0 amide bonds. The highest BCUT2D eigenvalue weighted by molar-refractivity contribution is 5.75. The number of esters is 2. The summed E-state index contributed by atoms with van der Waals surface area (Å²) in [6.45, 7) is 14.2. The Labute approximate surface area is 197 Å². The SMILES string of the molecule is C=C(COC(C)=O)OCOCC(O)COC(=O)C(C)(C)CC.CCC(C)c1ccc(O)cc1. The minimum Gasteiger partial charge on any atom is -0.508 e. The number of benzene rings is 1. The normalized spacial score (nSPS) is 12.6. The minimum absolute atomic E-state index is 0.0506. The van der Waals surface area contributed by atoms with E-state index in [4.69, 9.17) is 19.3 Å². The van der Waals surface area contributed by atoms with Crippen molar-refractivity contribution in [3.63, 3.8) is 0 Å². The number of aliphatic hydroxyl groups is 1. The fraction of sp³-hybridized carbons (Fsp3) is 0.600. The van der Waals surface area contributed by atoms with E-state index in [1.54, 1.807) is 26.0 Å². The molecule has 0 aromatic heterocycles. The van der Waals surface area contributed by atoms with Crippen LogP contribution in [0.15, 0.2) is 36.6 Å². The molecule has 0 aliphatic carbocycles. The predicted octanol–water partition coefficient (Wildman–Crippen LogP) is 4.30. The number of carbonyl (C=O) groups excluding carboxylic acids is 2. The van der Waals surface area contributed by atoms with Crippen LogP contribution in [0.3, 0.4) is 0 Å². The number of aliphatic hydroxyl groups excluding tert-OH is 1. The molecule has 2 unspecified atom stereocenters. The Morgan fingerprint density at radius 3 is 2.18 bits per heavy atom. The van der Waals surface area contributed by atoms with Crippen LogP contribution in [0.4, 0.5) is 0 Å².